The second-order valence-electron chi connectivity index (χ2n) is 13.0. The smallest absolute Gasteiger partial charge is 0.317 e. The molecule has 10 nitrogen and oxygen atoms in total. The molecule has 2 fully saturated rings. The maximum Gasteiger partial charge on any atom is 0.317 e. The number of halogens is 2. The van der Waals surface area contributed by atoms with Gasteiger partial charge in [-0.2, -0.15) is 0 Å². The van der Waals surface area contributed by atoms with Gasteiger partial charge in [-0.1, -0.05) is 71.7 Å². The molecular weight excluding hydrogens is 683 g/mol. The van der Waals surface area contributed by atoms with Crippen LogP contribution in [0, 0.1) is 0 Å². The van der Waals surface area contributed by atoms with E-state index in [-0.39, 0.29) is 24.0 Å². The number of amides is 3. The molecule has 51 heavy (non-hydrogen) atoms. The number of piperidine rings is 1. The topological polar surface area (TPSA) is 111 Å². The SMILES string of the molecule is C[C@@H](c1ccc(Cl)cc1)n1cnc(-c2ccccc2)c1-c1c(C(=O)Nc2cccnc2N2CCC(N3CCNC3=O)CC2)[nH]c2cc(Cl)ccc12. The lowest BCUT2D eigenvalue weighted by atomic mass is 9.99. The van der Waals surface area contributed by atoms with E-state index in [0.29, 0.717) is 52.4 Å². The first-order valence-corrected chi connectivity index (χ1v) is 17.9. The average Bonchev–Trinajstić information content (AvgIpc) is 3.89. The number of pyridine rings is 1. The van der Waals surface area contributed by atoms with E-state index < -0.39 is 0 Å². The number of benzene rings is 3. The molecule has 3 amide bonds. The molecule has 0 spiro atoms. The van der Waals surface area contributed by atoms with Crippen molar-refractivity contribution in [2.75, 3.05) is 36.4 Å². The number of urea groups is 1. The van der Waals surface area contributed by atoms with Crippen LogP contribution >= 0.6 is 23.2 Å². The van der Waals surface area contributed by atoms with Crippen LogP contribution in [0.4, 0.5) is 16.3 Å². The summed E-state index contributed by atoms with van der Waals surface area (Å²) in [5.74, 6) is 0.378. The van der Waals surface area contributed by atoms with Gasteiger partial charge in [-0.15, -0.1) is 0 Å². The number of nitrogens with zero attached hydrogens (tertiary/aromatic N) is 5. The molecule has 12 heteroatoms. The standard InChI is InChI=1S/C39H36Cl2N8O2/c1-24(25-9-11-27(40)12-10-25)49-23-44-34(26-6-3-2-4-7-26)36(49)33-30-14-13-28(41)22-32(30)45-35(33)38(50)46-31-8-5-17-42-37(31)47-19-15-29(16-20-47)48-21-18-43-39(48)51/h2-14,17,22-24,29,45H,15-16,18-21H2,1H3,(H,43,51)(H,46,50)/t24-/m0/s1. The van der Waals surface area contributed by atoms with Crippen LogP contribution in [0.3, 0.4) is 0 Å². The van der Waals surface area contributed by atoms with Crippen molar-refractivity contribution in [1.29, 1.82) is 0 Å². The Kier molecular flexibility index (Phi) is 8.87. The maximum absolute atomic E-state index is 14.6. The summed E-state index contributed by atoms with van der Waals surface area (Å²) in [5.41, 5.74) is 5.94. The van der Waals surface area contributed by atoms with Crippen molar-refractivity contribution in [2.24, 2.45) is 0 Å². The Labute approximate surface area is 305 Å². The molecular formula is C39H36Cl2N8O2. The summed E-state index contributed by atoms with van der Waals surface area (Å²) < 4.78 is 2.11. The van der Waals surface area contributed by atoms with Crippen LogP contribution in [-0.2, 0) is 0 Å². The fourth-order valence-electron chi connectivity index (χ4n) is 7.35. The van der Waals surface area contributed by atoms with E-state index in [0.717, 1.165) is 52.8 Å². The fourth-order valence-corrected chi connectivity index (χ4v) is 7.65. The summed E-state index contributed by atoms with van der Waals surface area (Å²) in [6, 6.07) is 27.1. The number of H-pyrrole nitrogens is 1. The highest BCUT2D eigenvalue weighted by Gasteiger charge is 2.32. The quantitative estimate of drug-likeness (QED) is 0.147. The van der Waals surface area contributed by atoms with Gasteiger partial charge in [-0.25, -0.2) is 14.8 Å². The van der Waals surface area contributed by atoms with Gasteiger partial charge >= 0.3 is 6.03 Å². The first kappa shape index (κ1) is 32.9. The summed E-state index contributed by atoms with van der Waals surface area (Å²) >= 11 is 12.8. The molecule has 0 saturated carbocycles. The molecule has 5 heterocycles. The third-order valence-corrected chi connectivity index (χ3v) is 10.5. The van der Waals surface area contributed by atoms with Crippen molar-refractivity contribution in [1.82, 2.24) is 29.7 Å². The molecule has 258 valence electrons. The van der Waals surface area contributed by atoms with Crippen molar-refractivity contribution >= 4 is 57.5 Å². The third kappa shape index (κ3) is 6.30. The summed E-state index contributed by atoms with van der Waals surface area (Å²) in [5, 5.41) is 8.16. The number of carbonyl (C=O) groups excluding carboxylic acids is 2. The summed E-state index contributed by atoms with van der Waals surface area (Å²) in [4.78, 5) is 44.1. The largest absolute Gasteiger partial charge is 0.355 e. The molecule has 2 aliphatic heterocycles. The van der Waals surface area contributed by atoms with Crippen LogP contribution in [0.1, 0.15) is 41.9 Å². The van der Waals surface area contributed by atoms with Crippen molar-refractivity contribution in [3.05, 3.63) is 119 Å². The van der Waals surface area contributed by atoms with E-state index >= 15 is 0 Å². The van der Waals surface area contributed by atoms with Gasteiger partial charge in [0.1, 0.15) is 5.69 Å². The Hall–Kier alpha value is -5.32. The molecule has 2 aliphatic rings. The molecule has 0 unspecified atom stereocenters. The van der Waals surface area contributed by atoms with E-state index in [1.54, 1.807) is 6.20 Å². The van der Waals surface area contributed by atoms with Gasteiger partial charge in [0.25, 0.3) is 5.91 Å². The van der Waals surface area contributed by atoms with Crippen LogP contribution in [0.15, 0.2) is 97.5 Å². The van der Waals surface area contributed by atoms with E-state index in [1.165, 1.54) is 0 Å². The van der Waals surface area contributed by atoms with Crippen LogP contribution < -0.4 is 15.5 Å². The van der Waals surface area contributed by atoms with Crippen molar-refractivity contribution in [2.45, 2.75) is 31.8 Å². The summed E-state index contributed by atoms with van der Waals surface area (Å²) in [6.07, 6.45) is 5.22. The Morgan fingerprint density at radius 1 is 0.922 bits per heavy atom. The number of anilines is 2. The lowest BCUT2D eigenvalue weighted by Crippen LogP contribution is -2.46. The Morgan fingerprint density at radius 2 is 1.69 bits per heavy atom. The van der Waals surface area contributed by atoms with E-state index in [9.17, 15) is 9.59 Å². The fraction of sp³-hybridized carbons (Fsp3) is 0.231. The summed E-state index contributed by atoms with van der Waals surface area (Å²) in [6.45, 7) is 4.95. The number of imidazole rings is 1. The normalized spacial score (nSPS) is 15.7. The highest BCUT2D eigenvalue weighted by Crippen LogP contribution is 2.42. The molecule has 1 atom stereocenters. The Morgan fingerprint density at radius 3 is 2.43 bits per heavy atom. The van der Waals surface area contributed by atoms with Crippen LogP contribution in [0.25, 0.3) is 33.4 Å². The van der Waals surface area contributed by atoms with Gasteiger partial charge in [0, 0.05) is 70.5 Å². The first-order chi connectivity index (χ1) is 24.9. The highest BCUT2D eigenvalue weighted by atomic mass is 35.5. The number of carbonyl (C=O) groups is 2. The second-order valence-corrected chi connectivity index (χ2v) is 13.9. The molecule has 3 aromatic heterocycles. The zero-order valence-corrected chi connectivity index (χ0v) is 29.5. The van der Waals surface area contributed by atoms with Crippen LogP contribution in [0.2, 0.25) is 10.0 Å². The molecule has 0 bridgehead atoms. The minimum Gasteiger partial charge on any atom is -0.355 e. The number of aromatic amines is 1. The minimum absolute atomic E-state index is 0.00832. The number of rotatable bonds is 8. The lowest BCUT2D eigenvalue weighted by molar-refractivity contribution is 0.102. The Bertz CT molecular complexity index is 2230. The number of hydrogen-bond acceptors (Lipinski definition) is 5. The zero-order chi connectivity index (χ0) is 35.1. The van der Waals surface area contributed by atoms with Crippen LogP contribution in [-0.4, -0.2) is 68.6 Å². The summed E-state index contributed by atoms with van der Waals surface area (Å²) in [7, 11) is 0. The first-order valence-electron chi connectivity index (χ1n) is 17.1. The third-order valence-electron chi connectivity index (χ3n) is 9.96. The number of hydrogen-bond donors (Lipinski definition) is 3. The van der Waals surface area contributed by atoms with Gasteiger partial charge in [-0.05, 0) is 61.7 Å². The van der Waals surface area contributed by atoms with Crippen molar-refractivity contribution in [3.63, 3.8) is 0 Å². The minimum atomic E-state index is -0.318. The molecule has 0 aliphatic carbocycles. The number of aromatic nitrogens is 4. The van der Waals surface area contributed by atoms with Gasteiger partial charge in [0.05, 0.1) is 29.4 Å². The molecule has 6 aromatic rings. The maximum atomic E-state index is 14.6. The highest BCUT2D eigenvalue weighted by molar-refractivity contribution is 6.31. The average molecular weight is 720 g/mol. The molecule has 8 rings (SSSR count). The van der Waals surface area contributed by atoms with Gasteiger partial charge < -0.3 is 30.0 Å². The number of fused-ring (bicyclic) bond motifs is 1. The van der Waals surface area contributed by atoms with Gasteiger partial charge in [0.15, 0.2) is 5.82 Å². The lowest BCUT2D eigenvalue weighted by Gasteiger charge is -2.37. The number of nitrogens with one attached hydrogen (secondary N) is 3. The van der Waals surface area contributed by atoms with Gasteiger partial charge in [-0.3, -0.25) is 4.79 Å². The molecule has 0 radical (unpaired) electrons. The predicted molar refractivity (Wildman–Crippen MR) is 203 cm³/mol. The van der Waals surface area contributed by atoms with Crippen LogP contribution in [0.5, 0.6) is 0 Å². The van der Waals surface area contributed by atoms with E-state index in [2.05, 4.69) is 32.0 Å². The molecule has 3 N–H and O–H groups in total. The molecule has 3 aromatic carbocycles. The monoisotopic (exact) mass is 718 g/mol. The molecule has 2 saturated heterocycles. The van der Waals surface area contributed by atoms with Crippen molar-refractivity contribution < 1.29 is 9.59 Å². The second kappa shape index (κ2) is 13.8. The van der Waals surface area contributed by atoms with E-state index in [4.69, 9.17) is 33.2 Å². The van der Waals surface area contributed by atoms with E-state index in [1.807, 2.05) is 96.2 Å². The Balaban J connectivity index is 1.19. The van der Waals surface area contributed by atoms with Gasteiger partial charge in [0.2, 0.25) is 0 Å². The predicted octanol–water partition coefficient (Wildman–Crippen LogP) is 8.26. The zero-order valence-electron chi connectivity index (χ0n) is 27.9. The van der Waals surface area contributed by atoms with Crippen molar-refractivity contribution in [3.8, 4) is 22.5 Å².